The second-order valence-electron chi connectivity index (χ2n) is 17.7. The van der Waals surface area contributed by atoms with Gasteiger partial charge in [-0.05, 0) is 94.4 Å². The molecule has 3 aliphatic rings. The van der Waals surface area contributed by atoms with Crippen molar-refractivity contribution in [3.63, 3.8) is 0 Å². The maximum Gasteiger partial charge on any atom is 0.284 e. The molecule has 17 nitrogen and oxygen atoms in total. The summed E-state index contributed by atoms with van der Waals surface area (Å²) in [6.45, 7) is 7.50. The number of amides is 1. The molecule has 0 spiro atoms. The van der Waals surface area contributed by atoms with Crippen molar-refractivity contribution >= 4 is 34.0 Å². The zero-order chi connectivity index (χ0) is 44.6. The summed E-state index contributed by atoms with van der Waals surface area (Å²) >= 11 is 0. The van der Waals surface area contributed by atoms with Crippen LogP contribution in [0.1, 0.15) is 112 Å². The number of carbonyl (C=O) groups is 1. The fraction of sp³-hybridized carbons (Fsp3) is 0.545. The predicted octanol–water partition coefficient (Wildman–Crippen LogP) is 5.69. The van der Waals surface area contributed by atoms with Gasteiger partial charge in [0.25, 0.3) is 12.3 Å². The Labute approximate surface area is 367 Å². The monoisotopic (exact) mass is 887 g/mol. The molecule has 2 aliphatic heterocycles. The summed E-state index contributed by atoms with van der Waals surface area (Å²) in [6, 6.07) is 4.36. The zero-order valence-electron chi connectivity index (χ0n) is 36.0. The lowest BCUT2D eigenvalue weighted by Crippen LogP contribution is -2.48. The standard InChI is InChI=1S/C44H56F3N13O4/c1-3-13-56(22-26(2)61)38-12-16-57-42(52-38)34(21-49-57)43(63)51-35-25-59(54-40(35)41(46)47)30-6-4-27(5-7-30)23-55-14-10-31(11-15-55)58-24-28(19-48-58)32-17-29(45)18-37-33(32)20-50-60(37)36-8-9-39(62)53-44(36)64/h12,16-21,24-27,30-31,36,39,41,44,53,61-62,64H,3-11,13-15,22-23H2,1-2H3,(H,51,63)/t26-,27?,30?,36-,39-,44-/m1/s1. The number of likely N-dealkylation sites (tertiary alicyclic amines) is 1. The summed E-state index contributed by atoms with van der Waals surface area (Å²) in [6.07, 6.45) is 11.7. The first kappa shape index (κ1) is 43.8. The largest absolute Gasteiger partial charge is 0.392 e. The summed E-state index contributed by atoms with van der Waals surface area (Å²) < 4.78 is 50.4. The van der Waals surface area contributed by atoms with E-state index < -0.39 is 48.4 Å². The first-order chi connectivity index (χ1) is 30.9. The number of rotatable bonds is 14. The van der Waals surface area contributed by atoms with Crippen molar-refractivity contribution < 1.29 is 33.3 Å². The number of fused-ring (bicyclic) bond motifs is 2. The van der Waals surface area contributed by atoms with E-state index in [0.29, 0.717) is 48.7 Å². The molecule has 20 heteroatoms. The van der Waals surface area contributed by atoms with Crippen LogP contribution < -0.4 is 15.5 Å². The fourth-order valence-corrected chi connectivity index (χ4v) is 9.87. The lowest BCUT2D eigenvalue weighted by molar-refractivity contribution is -0.0296. The zero-order valence-corrected chi connectivity index (χ0v) is 36.0. The number of carbonyl (C=O) groups excluding carboxylic acids is 1. The average Bonchev–Trinajstić information content (AvgIpc) is 4.10. The Hall–Kier alpha value is -5.41. The summed E-state index contributed by atoms with van der Waals surface area (Å²) in [7, 11) is 0. The van der Waals surface area contributed by atoms with E-state index in [9.17, 15) is 28.9 Å². The third-order valence-electron chi connectivity index (χ3n) is 13.1. The number of benzene rings is 1. The summed E-state index contributed by atoms with van der Waals surface area (Å²) in [5, 5.41) is 54.4. The van der Waals surface area contributed by atoms with Crippen molar-refractivity contribution in [2.24, 2.45) is 5.92 Å². The van der Waals surface area contributed by atoms with Crippen LogP contribution in [0, 0.1) is 11.7 Å². The van der Waals surface area contributed by atoms with Gasteiger partial charge in [-0.25, -0.2) is 22.7 Å². The van der Waals surface area contributed by atoms with Gasteiger partial charge >= 0.3 is 0 Å². The Morgan fingerprint density at radius 1 is 0.969 bits per heavy atom. The van der Waals surface area contributed by atoms with E-state index in [1.807, 2.05) is 22.7 Å². The van der Waals surface area contributed by atoms with Gasteiger partial charge in [-0.3, -0.25) is 24.2 Å². The number of halogens is 3. The highest BCUT2D eigenvalue weighted by Crippen LogP contribution is 2.38. The van der Waals surface area contributed by atoms with Crippen LogP contribution in [-0.2, 0) is 0 Å². The molecule has 5 aromatic heterocycles. The number of hydrogen-bond donors (Lipinski definition) is 5. The maximum atomic E-state index is 15.1. The number of aromatic nitrogens is 9. The van der Waals surface area contributed by atoms with Gasteiger partial charge in [-0.1, -0.05) is 6.92 Å². The lowest BCUT2D eigenvalue weighted by Gasteiger charge is -2.36. The molecule has 6 aromatic rings. The normalized spacial score (nSPS) is 23.0. The molecule has 342 valence electrons. The molecule has 5 N–H and O–H groups in total. The third kappa shape index (κ3) is 9.10. The molecule has 7 heterocycles. The number of anilines is 2. The number of aliphatic hydroxyl groups is 3. The minimum absolute atomic E-state index is 0.0396. The van der Waals surface area contributed by atoms with Crippen LogP contribution in [0.15, 0.2) is 55.4 Å². The molecule has 9 rings (SSSR count). The second kappa shape index (κ2) is 18.6. The Kier molecular flexibility index (Phi) is 12.7. The SMILES string of the molecule is CCCN(C[C@@H](C)O)c1ccn2ncc(C(=O)Nc3cn(C4CCC(CN5CCC(n6cc(-c7cc(F)cc8c7cnn8[C@@H]7CC[C@@H](O)N[C@@H]7O)cn6)CC5)CC4)nc3C(F)F)c2n1. The van der Waals surface area contributed by atoms with Gasteiger partial charge < -0.3 is 30.4 Å². The fourth-order valence-electron chi connectivity index (χ4n) is 9.87. The Morgan fingerprint density at radius 2 is 1.75 bits per heavy atom. The summed E-state index contributed by atoms with van der Waals surface area (Å²) in [5.74, 6) is 0.00668. The van der Waals surface area contributed by atoms with E-state index in [1.54, 1.807) is 40.9 Å². The highest BCUT2D eigenvalue weighted by Gasteiger charge is 2.32. The van der Waals surface area contributed by atoms with Crippen LogP contribution in [0.4, 0.5) is 24.7 Å². The number of nitrogens with zero attached hydrogens (tertiary/aromatic N) is 11. The van der Waals surface area contributed by atoms with Crippen molar-refractivity contribution in [3.05, 3.63) is 72.5 Å². The average molecular weight is 888 g/mol. The number of alkyl halides is 2. The van der Waals surface area contributed by atoms with Gasteiger partial charge in [0.15, 0.2) is 11.3 Å². The van der Waals surface area contributed by atoms with Crippen LogP contribution in [0.25, 0.3) is 27.7 Å². The van der Waals surface area contributed by atoms with E-state index in [2.05, 4.69) is 35.8 Å². The van der Waals surface area contributed by atoms with Crippen molar-refractivity contribution in [1.29, 1.82) is 0 Å². The molecular formula is C44H56F3N13O4. The van der Waals surface area contributed by atoms with E-state index in [1.165, 1.54) is 29.0 Å². The molecule has 3 fully saturated rings. The van der Waals surface area contributed by atoms with Crippen LogP contribution in [-0.4, -0.2) is 121 Å². The van der Waals surface area contributed by atoms with Gasteiger partial charge in [-0.2, -0.15) is 20.4 Å². The first-order valence-corrected chi connectivity index (χ1v) is 22.4. The van der Waals surface area contributed by atoms with Crippen LogP contribution >= 0.6 is 0 Å². The molecule has 1 aromatic carbocycles. The second-order valence-corrected chi connectivity index (χ2v) is 17.7. The van der Waals surface area contributed by atoms with Gasteiger partial charge in [0.2, 0.25) is 0 Å². The molecule has 0 bridgehead atoms. The van der Waals surface area contributed by atoms with Crippen molar-refractivity contribution in [2.75, 3.05) is 42.9 Å². The molecule has 0 unspecified atom stereocenters. The van der Waals surface area contributed by atoms with E-state index in [0.717, 1.165) is 75.5 Å². The van der Waals surface area contributed by atoms with E-state index in [-0.39, 0.29) is 29.0 Å². The minimum atomic E-state index is -2.89. The number of piperidine rings is 2. The summed E-state index contributed by atoms with van der Waals surface area (Å²) in [5.41, 5.74) is 1.93. The smallest absolute Gasteiger partial charge is 0.284 e. The Bertz CT molecular complexity index is 2560. The van der Waals surface area contributed by atoms with Gasteiger partial charge in [0.1, 0.15) is 29.7 Å². The topological polar surface area (TPSA) is 192 Å². The Balaban J connectivity index is 0.789. The first-order valence-electron chi connectivity index (χ1n) is 22.4. The number of hydrogen-bond acceptors (Lipinski definition) is 12. The van der Waals surface area contributed by atoms with Crippen LogP contribution in [0.5, 0.6) is 0 Å². The molecule has 4 atom stereocenters. The predicted molar refractivity (Wildman–Crippen MR) is 232 cm³/mol. The number of nitrogens with one attached hydrogen (secondary N) is 2. The highest BCUT2D eigenvalue weighted by atomic mass is 19.3. The molecule has 1 amide bonds. The number of aliphatic hydroxyl groups excluding tert-OH is 3. The Morgan fingerprint density at radius 3 is 2.48 bits per heavy atom. The summed E-state index contributed by atoms with van der Waals surface area (Å²) in [4.78, 5) is 22.7. The lowest BCUT2D eigenvalue weighted by atomic mass is 9.85. The van der Waals surface area contributed by atoms with Crippen molar-refractivity contribution in [2.45, 2.75) is 115 Å². The molecular weight excluding hydrogens is 832 g/mol. The molecule has 1 aliphatic carbocycles. The van der Waals surface area contributed by atoms with E-state index >= 15 is 4.39 Å². The maximum absolute atomic E-state index is 15.1. The van der Waals surface area contributed by atoms with Crippen molar-refractivity contribution in [3.8, 4) is 11.1 Å². The van der Waals surface area contributed by atoms with Crippen LogP contribution in [0.2, 0.25) is 0 Å². The third-order valence-corrected chi connectivity index (χ3v) is 13.1. The van der Waals surface area contributed by atoms with Crippen LogP contribution in [0.3, 0.4) is 0 Å². The van der Waals surface area contributed by atoms with E-state index in [4.69, 9.17) is 5.10 Å². The molecule has 2 saturated heterocycles. The van der Waals surface area contributed by atoms with Gasteiger partial charge in [0, 0.05) is 62.3 Å². The molecule has 0 radical (unpaired) electrons. The highest BCUT2D eigenvalue weighted by molar-refractivity contribution is 6.08. The quantitative estimate of drug-likeness (QED) is 0.0899. The molecule has 64 heavy (non-hydrogen) atoms. The minimum Gasteiger partial charge on any atom is -0.392 e. The van der Waals surface area contributed by atoms with Crippen molar-refractivity contribution in [1.82, 2.24) is 54.2 Å². The molecule has 1 saturated carbocycles. The van der Waals surface area contributed by atoms with Gasteiger partial charge in [-0.15, -0.1) is 0 Å². The van der Waals surface area contributed by atoms with Gasteiger partial charge in [0.05, 0.1) is 54.0 Å².